The van der Waals surface area contributed by atoms with Crippen molar-refractivity contribution in [3.8, 4) is 0 Å². The highest BCUT2D eigenvalue weighted by atomic mass is 32.2. The van der Waals surface area contributed by atoms with Crippen LogP contribution in [0.1, 0.15) is 41.7 Å². The van der Waals surface area contributed by atoms with Crippen LogP contribution in [0.5, 0.6) is 0 Å². The molecule has 2 heteroatoms. The molecule has 2 aromatic carbocycles. The second kappa shape index (κ2) is 8.67. The molecule has 0 saturated heterocycles. The lowest BCUT2D eigenvalue weighted by molar-refractivity contribution is 0.258. The number of aliphatic hydroxyl groups excluding tert-OH is 1. The van der Waals surface area contributed by atoms with Crippen molar-refractivity contribution < 1.29 is 5.11 Å². The molecule has 0 aliphatic carbocycles. The van der Waals surface area contributed by atoms with Gasteiger partial charge in [-0.25, -0.2) is 0 Å². The number of aliphatic hydroxyl groups is 1. The molecule has 2 rings (SSSR count). The Morgan fingerprint density at radius 2 is 1.63 bits per heavy atom. The normalized spacial score (nSPS) is 11.7. The number of thioether (sulfide) groups is 1. The summed E-state index contributed by atoms with van der Waals surface area (Å²) < 4.78 is 0. The summed E-state index contributed by atoms with van der Waals surface area (Å²) in [4.78, 5) is 1.26. The van der Waals surface area contributed by atoms with E-state index in [1.54, 1.807) is 11.8 Å². The van der Waals surface area contributed by atoms with Crippen LogP contribution in [0.2, 0.25) is 0 Å². The van der Waals surface area contributed by atoms with Crippen LogP contribution in [0.15, 0.2) is 66.3 Å². The van der Waals surface area contributed by atoms with Crippen molar-refractivity contribution in [2.45, 2.75) is 39.0 Å². The Balaban J connectivity index is 2.20. The van der Waals surface area contributed by atoms with Crippen molar-refractivity contribution in [2.24, 2.45) is 5.41 Å². The highest BCUT2D eigenvalue weighted by Crippen LogP contribution is 2.31. The van der Waals surface area contributed by atoms with Gasteiger partial charge in [0.15, 0.2) is 0 Å². The van der Waals surface area contributed by atoms with E-state index in [-0.39, 0.29) is 11.2 Å². The number of allylic oxidation sites excluding steroid dienone is 3. The topological polar surface area (TPSA) is 20.2 Å². The van der Waals surface area contributed by atoms with E-state index in [1.807, 2.05) is 13.8 Å². The average Bonchev–Trinajstić information content (AvgIpc) is 2.62. The molecule has 0 amide bonds. The molecule has 0 saturated carbocycles. The minimum absolute atomic E-state index is 0.231. The van der Waals surface area contributed by atoms with Crippen molar-refractivity contribution in [1.82, 2.24) is 0 Å². The number of benzene rings is 2. The van der Waals surface area contributed by atoms with Crippen LogP contribution in [0, 0.1) is 19.3 Å². The van der Waals surface area contributed by atoms with E-state index in [0.29, 0.717) is 0 Å². The van der Waals surface area contributed by atoms with Gasteiger partial charge < -0.3 is 5.11 Å². The van der Waals surface area contributed by atoms with Crippen molar-refractivity contribution in [2.75, 3.05) is 6.26 Å². The molecule has 0 spiro atoms. The second-order valence-corrected chi connectivity index (χ2v) is 8.61. The highest BCUT2D eigenvalue weighted by Gasteiger charge is 2.23. The Labute approximate surface area is 168 Å². The molecule has 0 unspecified atom stereocenters. The summed E-state index contributed by atoms with van der Waals surface area (Å²) in [6.45, 7) is 16.2. The summed E-state index contributed by atoms with van der Waals surface area (Å²) in [5, 5.41) is 9.85. The van der Waals surface area contributed by atoms with Gasteiger partial charge in [0.05, 0.1) is 5.76 Å². The zero-order valence-electron chi connectivity index (χ0n) is 17.1. The Kier molecular flexibility index (Phi) is 6.78. The van der Waals surface area contributed by atoms with Gasteiger partial charge in [-0.2, -0.15) is 0 Å². The van der Waals surface area contributed by atoms with Crippen LogP contribution in [-0.4, -0.2) is 11.4 Å². The van der Waals surface area contributed by atoms with E-state index in [9.17, 15) is 5.11 Å². The first-order valence-electron chi connectivity index (χ1n) is 9.14. The molecule has 0 heterocycles. The Morgan fingerprint density at radius 1 is 1.07 bits per heavy atom. The molecule has 0 aromatic heterocycles. The molecule has 1 nitrogen and oxygen atoms in total. The molecule has 0 aliphatic heterocycles. The molecule has 27 heavy (non-hydrogen) atoms. The first-order valence-corrected chi connectivity index (χ1v) is 10.4. The number of aryl methyl sites for hydroxylation is 2. The molecular weight excluding hydrogens is 348 g/mol. The van der Waals surface area contributed by atoms with E-state index in [0.717, 1.165) is 23.1 Å². The fourth-order valence-electron chi connectivity index (χ4n) is 3.04. The fraction of sp³-hybridized carbons (Fsp3) is 0.280. The highest BCUT2D eigenvalue weighted by molar-refractivity contribution is 7.98. The molecule has 0 aliphatic rings. The van der Waals surface area contributed by atoms with Crippen molar-refractivity contribution >= 4 is 23.4 Å². The van der Waals surface area contributed by atoms with Crippen molar-refractivity contribution in [3.05, 3.63) is 89.2 Å². The lowest BCUT2D eigenvalue weighted by atomic mass is 9.81. The third kappa shape index (κ3) is 5.40. The largest absolute Gasteiger partial charge is 0.512 e. The Morgan fingerprint density at radius 3 is 2.11 bits per heavy atom. The van der Waals surface area contributed by atoms with Gasteiger partial charge in [-0.1, -0.05) is 63.4 Å². The van der Waals surface area contributed by atoms with Gasteiger partial charge in [-0.15, -0.1) is 11.8 Å². The first-order chi connectivity index (χ1) is 12.6. The Hall–Kier alpha value is -2.19. The molecule has 1 N–H and O–H groups in total. The quantitative estimate of drug-likeness (QED) is 0.308. The SMILES string of the molecule is C=C(/C=C/c1cc(C)c(CC(C)(C)C(=C)O)c(C)c1)c1ccc(SC)cc1. The summed E-state index contributed by atoms with van der Waals surface area (Å²) in [6, 6.07) is 12.9. The zero-order chi connectivity index (χ0) is 20.2. The van der Waals surface area contributed by atoms with Crippen LogP contribution in [0.4, 0.5) is 0 Å². The first kappa shape index (κ1) is 21.1. The molecule has 0 atom stereocenters. The second-order valence-electron chi connectivity index (χ2n) is 7.73. The van der Waals surface area contributed by atoms with Crippen LogP contribution in [-0.2, 0) is 6.42 Å². The molecule has 0 radical (unpaired) electrons. The Bertz CT molecular complexity index is 847. The van der Waals surface area contributed by atoms with Crippen molar-refractivity contribution in [3.63, 3.8) is 0 Å². The van der Waals surface area contributed by atoms with Gasteiger partial charge in [0.1, 0.15) is 0 Å². The smallest absolute Gasteiger partial charge is 0.0910 e. The lowest BCUT2D eigenvalue weighted by Crippen LogP contribution is -2.18. The summed E-state index contributed by atoms with van der Waals surface area (Å²) in [5.74, 6) is 0.231. The lowest BCUT2D eigenvalue weighted by Gasteiger charge is -2.25. The minimum Gasteiger partial charge on any atom is -0.512 e. The molecular formula is C25H30OS. The third-order valence-corrected chi connectivity index (χ3v) is 5.80. The van der Waals surface area contributed by atoms with Gasteiger partial charge in [-0.05, 0) is 72.0 Å². The average molecular weight is 379 g/mol. The standard InChI is InChI=1S/C25H30OS/c1-17(22-10-12-23(27-7)13-11-22)8-9-21-14-18(2)24(19(3)15-21)16-25(5,6)20(4)26/h8-15,26H,1,4,16H2,2-3,5-7H3/b9-8+. The monoisotopic (exact) mass is 378 g/mol. The summed E-state index contributed by atoms with van der Waals surface area (Å²) in [6.07, 6.45) is 7.04. The number of hydrogen-bond acceptors (Lipinski definition) is 2. The maximum Gasteiger partial charge on any atom is 0.0910 e. The molecule has 142 valence electrons. The molecule has 2 aromatic rings. The van der Waals surface area contributed by atoms with Gasteiger partial charge >= 0.3 is 0 Å². The summed E-state index contributed by atoms with van der Waals surface area (Å²) in [5.41, 5.74) is 6.72. The summed E-state index contributed by atoms with van der Waals surface area (Å²) >= 11 is 1.74. The number of rotatable bonds is 7. The minimum atomic E-state index is -0.329. The van der Waals surface area contributed by atoms with Crippen molar-refractivity contribution in [1.29, 1.82) is 0 Å². The third-order valence-electron chi connectivity index (χ3n) is 5.06. The fourth-order valence-corrected chi connectivity index (χ4v) is 3.45. The van der Waals surface area contributed by atoms with Gasteiger partial charge in [0.2, 0.25) is 0 Å². The maximum absolute atomic E-state index is 9.85. The van der Waals surface area contributed by atoms with Crippen LogP contribution >= 0.6 is 11.8 Å². The molecule has 0 fully saturated rings. The summed E-state index contributed by atoms with van der Waals surface area (Å²) in [7, 11) is 0. The predicted octanol–water partition coefficient (Wildman–Crippen LogP) is 7.39. The van der Waals surface area contributed by atoms with Gasteiger partial charge in [0, 0.05) is 10.3 Å². The van der Waals surface area contributed by atoms with E-state index >= 15 is 0 Å². The van der Waals surface area contributed by atoms with E-state index in [1.165, 1.54) is 21.6 Å². The van der Waals surface area contributed by atoms with Crippen LogP contribution < -0.4 is 0 Å². The molecule has 0 bridgehead atoms. The van der Waals surface area contributed by atoms with Gasteiger partial charge in [0.25, 0.3) is 0 Å². The van der Waals surface area contributed by atoms with E-state index in [2.05, 4.69) is 81.8 Å². The zero-order valence-corrected chi connectivity index (χ0v) is 17.9. The number of hydrogen-bond donors (Lipinski definition) is 1. The van der Waals surface area contributed by atoms with Crippen LogP contribution in [0.25, 0.3) is 11.6 Å². The van der Waals surface area contributed by atoms with E-state index < -0.39 is 0 Å². The van der Waals surface area contributed by atoms with E-state index in [4.69, 9.17) is 0 Å². The van der Waals surface area contributed by atoms with Crippen LogP contribution in [0.3, 0.4) is 0 Å². The van der Waals surface area contributed by atoms with Gasteiger partial charge in [-0.3, -0.25) is 0 Å². The predicted molar refractivity (Wildman–Crippen MR) is 121 cm³/mol. The maximum atomic E-state index is 9.85.